The van der Waals surface area contributed by atoms with E-state index in [1.165, 1.54) is 6.20 Å². The number of hydrogen-bond donors (Lipinski definition) is 6. The van der Waals surface area contributed by atoms with Gasteiger partial charge in [-0.15, -0.1) is 16.6 Å². The van der Waals surface area contributed by atoms with Gasteiger partial charge in [0.05, 0.1) is 25.0 Å². The standard InChI is InChI=1S/C31H31N13O4/c1-2-13-44(16-19-15-35-28-25(36-19)26(33)38-31(34)39-28)20-10-7-17(8-11-20)29(46)37-23(30(47)48)5-3-4-6-24(45)21-12-9-18(32)14-22(21)27-40-42-43-41-27/h1,7-12,14-15,23H,3-6,13,16,32H2,(H,37,46)(H,47,48)(H,40,41,42,43)(H4,33,34,35,38,39)/t23-/m0/s1. The van der Waals surface area contributed by atoms with E-state index in [1.807, 2.05) is 4.90 Å². The second kappa shape index (κ2) is 14.6. The molecule has 0 saturated heterocycles. The number of ketones is 1. The van der Waals surface area contributed by atoms with Crippen LogP contribution in [-0.2, 0) is 11.3 Å². The highest BCUT2D eigenvalue weighted by Crippen LogP contribution is 2.25. The van der Waals surface area contributed by atoms with Crippen LogP contribution in [0, 0.1) is 12.3 Å². The van der Waals surface area contributed by atoms with Gasteiger partial charge in [0, 0.05) is 34.5 Å². The molecular weight excluding hydrogens is 618 g/mol. The van der Waals surface area contributed by atoms with Gasteiger partial charge in [-0.2, -0.15) is 15.2 Å². The Morgan fingerprint density at radius 3 is 2.54 bits per heavy atom. The number of nitrogens with one attached hydrogen (secondary N) is 2. The number of hydrogen-bond acceptors (Lipinski definition) is 14. The Bertz CT molecular complexity index is 1990. The number of amides is 1. The third-order valence-electron chi connectivity index (χ3n) is 7.31. The number of benzene rings is 2. The number of carbonyl (C=O) groups is 3. The third kappa shape index (κ3) is 7.74. The van der Waals surface area contributed by atoms with Gasteiger partial charge in [-0.3, -0.25) is 9.59 Å². The first-order valence-corrected chi connectivity index (χ1v) is 14.7. The van der Waals surface area contributed by atoms with Crippen molar-refractivity contribution in [2.45, 2.75) is 38.3 Å². The summed E-state index contributed by atoms with van der Waals surface area (Å²) in [6, 6.07) is 10.2. The molecule has 5 aromatic rings. The van der Waals surface area contributed by atoms with Crippen molar-refractivity contribution in [3.05, 3.63) is 65.5 Å². The highest BCUT2D eigenvalue weighted by molar-refractivity contribution is 6.02. The number of terminal acetylenes is 1. The molecule has 0 aliphatic heterocycles. The van der Waals surface area contributed by atoms with Gasteiger partial charge in [0.15, 0.2) is 22.8 Å². The van der Waals surface area contributed by atoms with E-state index in [1.54, 1.807) is 42.5 Å². The number of aromatic amines is 1. The predicted molar refractivity (Wildman–Crippen MR) is 176 cm³/mol. The fraction of sp³-hybridized carbons (Fsp3) is 0.226. The Balaban J connectivity index is 1.17. The number of rotatable bonds is 14. The summed E-state index contributed by atoms with van der Waals surface area (Å²) in [5.74, 6) is 1.01. The quantitative estimate of drug-likeness (QED) is 0.0431. The lowest BCUT2D eigenvalue weighted by molar-refractivity contribution is -0.139. The number of nitrogens with two attached hydrogens (primary N) is 3. The number of Topliss-reactive ketones (excluding diaryl/α,β-unsaturated/α-hetero) is 1. The summed E-state index contributed by atoms with van der Waals surface area (Å²) < 4.78 is 0. The number of aliphatic carboxylic acids is 1. The minimum absolute atomic E-state index is 0.00581. The summed E-state index contributed by atoms with van der Waals surface area (Å²) in [4.78, 5) is 56.5. The molecular formula is C31H31N13O4. The average molecular weight is 650 g/mol. The van der Waals surface area contributed by atoms with Crippen LogP contribution in [0.4, 0.5) is 23.1 Å². The zero-order chi connectivity index (χ0) is 34.2. The number of carbonyl (C=O) groups excluding carboxylic acids is 2. The van der Waals surface area contributed by atoms with Crippen LogP contribution in [0.2, 0.25) is 0 Å². The maximum Gasteiger partial charge on any atom is 0.326 e. The van der Waals surface area contributed by atoms with E-state index < -0.39 is 17.9 Å². The van der Waals surface area contributed by atoms with E-state index in [0.717, 1.165) is 0 Å². The molecule has 3 aromatic heterocycles. The van der Waals surface area contributed by atoms with Gasteiger partial charge in [-0.05, 0) is 60.5 Å². The first-order valence-electron chi connectivity index (χ1n) is 14.7. The topological polar surface area (TPSA) is 271 Å². The molecule has 17 heteroatoms. The van der Waals surface area contributed by atoms with Gasteiger partial charge < -0.3 is 32.5 Å². The lowest BCUT2D eigenvalue weighted by Gasteiger charge is -2.22. The maximum absolute atomic E-state index is 13.0. The largest absolute Gasteiger partial charge is 0.480 e. The molecule has 0 bridgehead atoms. The molecule has 3 heterocycles. The summed E-state index contributed by atoms with van der Waals surface area (Å²) in [7, 11) is 0. The lowest BCUT2D eigenvalue weighted by Crippen LogP contribution is -2.40. The number of H-pyrrole nitrogens is 1. The predicted octanol–water partition coefficient (Wildman–Crippen LogP) is 1.61. The van der Waals surface area contributed by atoms with Crippen molar-refractivity contribution >= 4 is 52.0 Å². The SMILES string of the molecule is C#CCN(Cc1cnc2nc(N)nc(N)c2n1)c1ccc(C(=O)N[C@@H](CCCCC(=O)c2ccc(N)cc2-c2nn[nH]n2)C(=O)O)cc1. The van der Waals surface area contributed by atoms with Crippen molar-refractivity contribution in [1.29, 1.82) is 0 Å². The molecule has 48 heavy (non-hydrogen) atoms. The van der Waals surface area contributed by atoms with E-state index >= 15 is 0 Å². The molecule has 9 N–H and O–H groups in total. The normalized spacial score (nSPS) is 11.5. The minimum Gasteiger partial charge on any atom is -0.480 e. The zero-order valence-electron chi connectivity index (χ0n) is 25.5. The highest BCUT2D eigenvalue weighted by Gasteiger charge is 2.22. The number of aromatic nitrogens is 8. The molecule has 1 atom stereocenters. The number of tetrazole rings is 1. The second-order valence-corrected chi connectivity index (χ2v) is 10.7. The van der Waals surface area contributed by atoms with Crippen LogP contribution in [0.5, 0.6) is 0 Å². The molecule has 1 amide bonds. The number of fused-ring (bicyclic) bond motifs is 1. The maximum atomic E-state index is 13.0. The Kier molecular flexibility index (Phi) is 9.94. The number of nitrogen functional groups attached to an aromatic ring is 3. The summed E-state index contributed by atoms with van der Waals surface area (Å²) in [5.41, 5.74) is 20.8. The molecule has 0 radical (unpaired) electrons. The van der Waals surface area contributed by atoms with Crippen molar-refractivity contribution in [3.63, 3.8) is 0 Å². The molecule has 0 saturated carbocycles. The smallest absolute Gasteiger partial charge is 0.326 e. The van der Waals surface area contributed by atoms with Crippen LogP contribution in [0.1, 0.15) is 52.1 Å². The molecule has 2 aromatic carbocycles. The van der Waals surface area contributed by atoms with Crippen molar-refractivity contribution in [3.8, 4) is 23.7 Å². The van der Waals surface area contributed by atoms with Crippen LogP contribution in [0.15, 0.2) is 48.7 Å². The Hall–Kier alpha value is -6.70. The number of carboxylic acids is 1. The Morgan fingerprint density at radius 2 is 1.83 bits per heavy atom. The number of nitrogens with zero attached hydrogens (tertiary/aromatic N) is 8. The zero-order valence-corrected chi connectivity index (χ0v) is 25.5. The first kappa shape index (κ1) is 32.7. The lowest BCUT2D eigenvalue weighted by atomic mass is 9.97. The molecule has 0 aliphatic rings. The van der Waals surface area contributed by atoms with E-state index in [-0.39, 0.29) is 60.5 Å². The van der Waals surface area contributed by atoms with E-state index in [2.05, 4.69) is 51.8 Å². The molecule has 0 spiro atoms. The van der Waals surface area contributed by atoms with Gasteiger partial charge >= 0.3 is 5.97 Å². The molecule has 5 rings (SSSR count). The molecule has 17 nitrogen and oxygen atoms in total. The summed E-state index contributed by atoms with van der Waals surface area (Å²) in [6.45, 7) is 0.488. The van der Waals surface area contributed by atoms with Gasteiger partial charge in [-0.1, -0.05) is 12.3 Å². The molecule has 0 unspecified atom stereocenters. The summed E-state index contributed by atoms with van der Waals surface area (Å²) >= 11 is 0. The van der Waals surface area contributed by atoms with Crippen molar-refractivity contribution < 1.29 is 19.5 Å². The van der Waals surface area contributed by atoms with E-state index in [0.29, 0.717) is 46.6 Å². The minimum atomic E-state index is -1.19. The fourth-order valence-electron chi connectivity index (χ4n) is 4.96. The van der Waals surface area contributed by atoms with Crippen LogP contribution < -0.4 is 27.4 Å². The highest BCUT2D eigenvalue weighted by atomic mass is 16.4. The number of unbranched alkanes of at least 4 members (excludes halogenated alkanes) is 1. The van der Waals surface area contributed by atoms with Gasteiger partial charge in [0.1, 0.15) is 6.04 Å². The van der Waals surface area contributed by atoms with Crippen molar-refractivity contribution in [2.75, 3.05) is 28.6 Å². The first-order chi connectivity index (χ1) is 23.1. The molecule has 0 aliphatic carbocycles. The van der Waals surface area contributed by atoms with Crippen molar-refractivity contribution in [1.82, 2.24) is 45.9 Å². The van der Waals surface area contributed by atoms with Gasteiger partial charge in [0.2, 0.25) is 11.8 Å². The second-order valence-electron chi connectivity index (χ2n) is 10.7. The fourth-order valence-corrected chi connectivity index (χ4v) is 4.96. The molecule has 0 fully saturated rings. The number of carboxylic acid groups (broad SMARTS) is 1. The van der Waals surface area contributed by atoms with Crippen LogP contribution in [0.3, 0.4) is 0 Å². The Labute approximate surface area is 273 Å². The Morgan fingerprint density at radius 1 is 1.04 bits per heavy atom. The van der Waals surface area contributed by atoms with Gasteiger partial charge in [-0.25, -0.2) is 14.8 Å². The summed E-state index contributed by atoms with van der Waals surface area (Å²) in [5, 5.41) is 26.1. The molecule has 244 valence electrons. The summed E-state index contributed by atoms with van der Waals surface area (Å²) in [6.07, 6.45) is 8.17. The van der Waals surface area contributed by atoms with Crippen molar-refractivity contribution in [2.24, 2.45) is 0 Å². The van der Waals surface area contributed by atoms with Gasteiger partial charge in [0.25, 0.3) is 5.91 Å². The van der Waals surface area contributed by atoms with E-state index in [4.69, 9.17) is 23.6 Å². The van der Waals surface area contributed by atoms with Crippen LogP contribution >= 0.6 is 0 Å². The average Bonchev–Trinajstić information content (AvgIpc) is 3.61. The number of anilines is 4. The third-order valence-corrected chi connectivity index (χ3v) is 7.31. The van der Waals surface area contributed by atoms with Crippen LogP contribution in [0.25, 0.3) is 22.6 Å². The van der Waals surface area contributed by atoms with E-state index in [9.17, 15) is 19.5 Å². The van der Waals surface area contributed by atoms with Crippen LogP contribution in [-0.4, -0.2) is 75.9 Å². The monoisotopic (exact) mass is 649 g/mol.